The molecule has 4 nitrogen and oxygen atoms in total. The molecular formula is C10H9BrN2O2S2. The Kier molecular flexibility index (Phi) is 3.50. The number of anilines is 1. The second-order valence-electron chi connectivity index (χ2n) is 3.35. The first-order chi connectivity index (χ1) is 7.97. The van der Waals surface area contributed by atoms with E-state index in [9.17, 15) is 8.42 Å². The maximum atomic E-state index is 12.0. The fraction of sp³-hybridized carbons (Fsp3) is 0.100. The van der Waals surface area contributed by atoms with Gasteiger partial charge in [0.2, 0.25) is 0 Å². The normalized spacial score (nSPS) is 11.4. The lowest BCUT2D eigenvalue weighted by molar-refractivity contribution is 0.603. The molecule has 0 aromatic carbocycles. The molecule has 0 amide bonds. The van der Waals surface area contributed by atoms with Crippen LogP contribution in [-0.2, 0) is 10.0 Å². The summed E-state index contributed by atoms with van der Waals surface area (Å²) in [6.07, 6.45) is 1.50. The highest BCUT2D eigenvalue weighted by molar-refractivity contribution is 9.11. The number of sulfonamides is 1. The molecule has 0 aliphatic rings. The van der Waals surface area contributed by atoms with Crippen molar-refractivity contribution in [1.29, 1.82) is 0 Å². The molecule has 0 spiro atoms. The van der Waals surface area contributed by atoms with Gasteiger partial charge in [0.25, 0.3) is 10.0 Å². The van der Waals surface area contributed by atoms with Crippen molar-refractivity contribution in [3.05, 3.63) is 39.9 Å². The molecule has 2 aromatic heterocycles. The summed E-state index contributed by atoms with van der Waals surface area (Å²) in [5.41, 5.74) is 1.30. The predicted octanol–water partition coefficient (Wildman–Crippen LogP) is 3.01. The molecule has 2 rings (SSSR count). The Balaban J connectivity index is 2.26. The van der Waals surface area contributed by atoms with Crippen molar-refractivity contribution in [2.75, 3.05) is 4.72 Å². The van der Waals surface area contributed by atoms with Gasteiger partial charge in [0.05, 0.1) is 15.7 Å². The number of aromatic nitrogens is 1. The maximum Gasteiger partial charge on any atom is 0.271 e. The third-order valence-corrected chi connectivity index (χ3v) is 5.47. The molecule has 0 saturated carbocycles. The number of nitrogens with zero attached hydrogens (tertiary/aromatic N) is 1. The number of hydrogen-bond donors (Lipinski definition) is 1. The van der Waals surface area contributed by atoms with Crippen LogP contribution in [0, 0.1) is 6.92 Å². The fourth-order valence-corrected chi connectivity index (χ4v) is 4.23. The van der Waals surface area contributed by atoms with Gasteiger partial charge in [-0.3, -0.25) is 9.71 Å². The first kappa shape index (κ1) is 12.5. The highest BCUT2D eigenvalue weighted by Crippen LogP contribution is 2.27. The van der Waals surface area contributed by atoms with E-state index in [0.717, 1.165) is 20.8 Å². The van der Waals surface area contributed by atoms with Gasteiger partial charge in [0.15, 0.2) is 0 Å². The van der Waals surface area contributed by atoms with Gasteiger partial charge >= 0.3 is 0 Å². The molecule has 1 N–H and O–H groups in total. The SMILES string of the molecule is Cc1ccc(NS(=O)(=O)c2ccc(Br)s2)cn1. The molecule has 7 heteroatoms. The van der Waals surface area contributed by atoms with Crippen LogP contribution < -0.4 is 4.72 Å². The van der Waals surface area contributed by atoms with Crippen LogP contribution in [0.15, 0.2) is 38.5 Å². The Hall–Kier alpha value is -0.920. The molecule has 0 aliphatic heterocycles. The lowest BCUT2D eigenvalue weighted by Gasteiger charge is -2.05. The average Bonchev–Trinajstić information content (AvgIpc) is 2.69. The summed E-state index contributed by atoms with van der Waals surface area (Å²) in [6, 6.07) is 6.69. The third kappa shape index (κ3) is 3.05. The summed E-state index contributed by atoms with van der Waals surface area (Å²) >= 11 is 4.40. The van der Waals surface area contributed by atoms with Crippen LogP contribution in [0.5, 0.6) is 0 Å². The zero-order valence-electron chi connectivity index (χ0n) is 8.84. The minimum Gasteiger partial charge on any atom is -0.277 e. The Morgan fingerprint density at radius 2 is 2.06 bits per heavy atom. The van der Waals surface area contributed by atoms with Crippen molar-refractivity contribution < 1.29 is 8.42 Å². The largest absolute Gasteiger partial charge is 0.277 e. The van der Waals surface area contributed by atoms with Crippen LogP contribution in [0.2, 0.25) is 0 Å². The van der Waals surface area contributed by atoms with Crippen LogP contribution in [0.1, 0.15) is 5.69 Å². The monoisotopic (exact) mass is 332 g/mol. The molecule has 0 saturated heterocycles. The fourth-order valence-electron chi connectivity index (χ4n) is 1.18. The van der Waals surface area contributed by atoms with E-state index < -0.39 is 10.0 Å². The van der Waals surface area contributed by atoms with E-state index in [0.29, 0.717) is 5.69 Å². The summed E-state index contributed by atoms with van der Waals surface area (Å²) in [5, 5.41) is 0. The summed E-state index contributed by atoms with van der Waals surface area (Å²) < 4.78 is 27.4. The number of pyridine rings is 1. The molecule has 0 unspecified atom stereocenters. The molecule has 0 radical (unpaired) electrons. The molecular weight excluding hydrogens is 324 g/mol. The Labute approximate surface area is 112 Å². The number of thiophene rings is 1. The van der Waals surface area contributed by atoms with E-state index in [2.05, 4.69) is 25.6 Å². The molecule has 17 heavy (non-hydrogen) atoms. The molecule has 0 bridgehead atoms. The van der Waals surface area contributed by atoms with Gasteiger partial charge in [-0.1, -0.05) is 0 Å². The second-order valence-corrected chi connectivity index (χ2v) is 7.72. The molecule has 2 heterocycles. The zero-order chi connectivity index (χ0) is 12.5. The second kappa shape index (κ2) is 4.75. The summed E-state index contributed by atoms with van der Waals surface area (Å²) in [6.45, 7) is 1.84. The standard InChI is InChI=1S/C10H9BrN2O2S2/c1-7-2-3-8(6-12-7)13-17(14,15)10-5-4-9(11)16-10/h2-6,13H,1H3. The quantitative estimate of drug-likeness (QED) is 0.939. The van der Waals surface area contributed by atoms with Gasteiger partial charge in [-0.05, 0) is 47.1 Å². The van der Waals surface area contributed by atoms with Crippen LogP contribution >= 0.6 is 27.3 Å². The minimum atomic E-state index is -3.51. The minimum absolute atomic E-state index is 0.268. The van der Waals surface area contributed by atoms with Crippen molar-refractivity contribution in [1.82, 2.24) is 4.98 Å². The van der Waals surface area contributed by atoms with E-state index in [1.165, 1.54) is 6.20 Å². The van der Waals surface area contributed by atoms with E-state index in [1.807, 2.05) is 6.92 Å². The van der Waals surface area contributed by atoms with Crippen molar-refractivity contribution in [2.24, 2.45) is 0 Å². The smallest absolute Gasteiger partial charge is 0.271 e. The van der Waals surface area contributed by atoms with Crippen LogP contribution in [-0.4, -0.2) is 13.4 Å². The maximum absolute atomic E-state index is 12.0. The van der Waals surface area contributed by atoms with Crippen molar-refractivity contribution >= 4 is 43.0 Å². The highest BCUT2D eigenvalue weighted by atomic mass is 79.9. The number of aryl methyl sites for hydroxylation is 1. The van der Waals surface area contributed by atoms with Crippen LogP contribution in [0.25, 0.3) is 0 Å². The number of hydrogen-bond acceptors (Lipinski definition) is 4. The van der Waals surface area contributed by atoms with Gasteiger partial charge in [-0.25, -0.2) is 8.42 Å². The van der Waals surface area contributed by atoms with Gasteiger partial charge in [0.1, 0.15) is 4.21 Å². The molecule has 0 aliphatic carbocycles. The van der Waals surface area contributed by atoms with E-state index in [1.54, 1.807) is 24.3 Å². The lowest BCUT2D eigenvalue weighted by atomic mass is 10.4. The van der Waals surface area contributed by atoms with E-state index >= 15 is 0 Å². The zero-order valence-corrected chi connectivity index (χ0v) is 12.1. The van der Waals surface area contributed by atoms with Gasteiger partial charge < -0.3 is 0 Å². The Bertz CT molecular complexity index is 620. The van der Waals surface area contributed by atoms with Gasteiger partial charge in [0, 0.05) is 5.69 Å². The van der Waals surface area contributed by atoms with E-state index in [-0.39, 0.29) is 4.21 Å². The topological polar surface area (TPSA) is 59.1 Å². The first-order valence-corrected chi connectivity index (χ1v) is 7.77. The van der Waals surface area contributed by atoms with Crippen molar-refractivity contribution in [3.63, 3.8) is 0 Å². The van der Waals surface area contributed by atoms with Crippen molar-refractivity contribution in [3.8, 4) is 0 Å². The number of halogens is 1. The number of nitrogens with one attached hydrogen (secondary N) is 1. The molecule has 90 valence electrons. The molecule has 2 aromatic rings. The third-order valence-electron chi connectivity index (χ3n) is 1.98. The first-order valence-electron chi connectivity index (χ1n) is 4.68. The number of rotatable bonds is 3. The van der Waals surface area contributed by atoms with Crippen LogP contribution in [0.3, 0.4) is 0 Å². The van der Waals surface area contributed by atoms with E-state index in [4.69, 9.17) is 0 Å². The summed E-state index contributed by atoms with van der Waals surface area (Å²) in [4.78, 5) is 4.03. The molecule has 0 atom stereocenters. The molecule has 0 fully saturated rings. The van der Waals surface area contributed by atoms with Crippen LogP contribution in [0.4, 0.5) is 5.69 Å². The highest BCUT2D eigenvalue weighted by Gasteiger charge is 2.16. The summed E-state index contributed by atoms with van der Waals surface area (Å²) in [7, 11) is -3.51. The lowest BCUT2D eigenvalue weighted by Crippen LogP contribution is -2.11. The summed E-state index contributed by atoms with van der Waals surface area (Å²) in [5.74, 6) is 0. The Morgan fingerprint density at radius 1 is 1.29 bits per heavy atom. The average molecular weight is 333 g/mol. The Morgan fingerprint density at radius 3 is 2.59 bits per heavy atom. The van der Waals surface area contributed by atoms with Gasteiger partial charge in [-0.15, -0.1) is 11.3 Å². The van der Waals surface area contributed by atoms with Gasteiger partial charge in [-0.2, -0.15) is 0 Å². The van der Waals surface area contributed by atoms with Crippen molar-refractivity contribution in [2.45, 2.75) is 11.1 Å². The predicted molar refractivity (Wildman–Crippen MR) is 71.8 cm³/mol.